The molecule has 0 aliphatic carbocycles. The van der Waals surface area contributed by atoms with Gasteiger partial charge in [-0.2, -0.15) is 10.4 Å². The van der Waals surface area contributed by atoms with E-state index < -0.39 is 12.0 Å². The number of aromatic nitrogens is 2. The number of halogens is 2. The van der Waals surface area contributed by atoms with E-state index in [-0.39, 0.29) is 5.56 Å². The minimum Gasteiger partial charge on any atom is -0.479 e. The molecular formula is C14H12Cl2N4O2. The SMILES string of the molecule is CC(Oc1ccc(Cl)cc1Cl)C(=O)Nc1c(C#N)cnn1C. The molecule has 0 aliphatic heterocycles. The molecule has 6 nitrogen and oxygen atoms in total. The lowest BCUT2D eigenvalue weighted by Gasteiger charge is -2.16. The van der Waals surface area contributed by atoms with Crippen molar-refractivity contribution in [1.29, 1.82) is 5.26 Å². The lowest BCUT2D eigenvalue weighted by molar-refractivity contribution is -0.122. The number of aryl methyl sites for hydroxylation is 1. The molecule has 0 fully saturated rings. The lowest BCUT2D eigenvalue weighted by Crippen LogP contribution is -2.31. The first-order valence-electron chi connectivity index (χ1n) is 6.27. The van der Waals surface area contributed by atoms with Gasteiger partial charge < -0.3 is 10.1 Å². The van der Waals surface area contributed by atoms with Crippen LogP contribution in [-0.4, -0.2) is 21.8 Å². The molecule has 1 aromatic carbocycles. The zero-order valence-electron chi connectivity index (χ0n) is 11.8. The van der Waals surface area contributed by atoms with Crippen molar-refractivity contribution in [2.24, 2.45) is 7.05 Å². The number of carbonyl (C=O) groups excluding carboxylic acids is 1. The molecule has 1 aromatic heterocycles. The Morgan fingerprint density at radius 3 is 2.86 bits per heavy atom. The van der Waals surface area contributed by atoms with Crippen molar-refractivity contribution >= 4 is 34.9 Å². The molecule has 1 atom stereocenters. The van der Waals surface area contributed by atoms with Crippen LogP contribution in [0.5, 0.6) is 5.75 Å². The molecule has 2 rings (SSSR count). The molecule has 114 valence electrons. The van der Waals surface area contributed by atoms with E-state index in [2.05, 4.69) is 10.4 Å². The Morgan fingerprint density at radius 1 is 1.50 bits per heavy atom. The van der Waals surface area contributed by atoms with Crippen molar-refractivity contribution in [3.8, 4) is 11.8 Å². The quantitative estimate of drug-likeness (QED) is 0.929. The van der Waals surface area contributed by atoms with Crippen LogP contribution in [0, 0.1) is 11.3 Å². The van der Waals surface area contributed by atoms with Crippen molar-refractivity contribution in [2.75, 3.05) is 5.32 Å². The van der Waals surface area contributed by atoms with Gasteiger partial charge in [-0.25, -0.2) is 0 Å². The fourth-order valence-corrected chi connectivity index (χ4v) is 2.15. The Balaban J connectivity index is 2.09. The Kier molecular flexibility index (Phi) is 4.91. The van der Waals surface area contributed by atoms with E-state index in [1.165, 1.54) is 16.9 Å². The van der Waals surface area contributed by atoms with Gasteiger partial charge in [0, 0.05) is 12.1 Å². The summed E-state index contributed by atoms with van der Waals surface area (Å²) in [6.07, 6.45) is 0.553. The summed E-state index contributed by atoms with van der Waals surface area (Å²) in [5.74, 6) is 0.232. The van der Waals surface area contributed by atoms with E-state index in [9.17, 15) is 4.79 Å². The van der Waals surface area contributed by atoms with Crippen LogP contribution >= 0.6 is 23.2 Å². The van der Waals surface area contributed by atoms with Crippen molar-refractivity contribution in [3.63, 3.8) is 0 Å². The Morgan fingerprint density at radius 2 is 2.23 bits per heavy atom. The molecule has 0 spiro atoms. The van der Waals surface area contributed by atoms with Gasteiger partial charge in [0.1, 0.15) is 23.2 Å². The van der Waals surface area contributed by atoms with Gasteiger partial charge in [0.2, 0.25) is 0 Å². The normalized spacial score (nSPS) is 11.6. The summed E-state index contributed by atoms with van der Waals surface area (Å²) in [6.45, 7) is 1.57. The molecule has 0 saturated heterocycles. The van der Waals surface area contributed by atoms with Crippen LogP contribution in [0.3, 0.4) is 0 Å². The Labute approximate surface area is 137 Å². The van der Waals surface area contributed by atoms with Crippen LogP contribution in [0.1, 0.15) is 12.5 Å². The zero-order valence-corrected chi connectivity index (χ0v) is 13.3. The van der Waals surface area contributed by atoms with E-state index in [0.717, 1.165) is 0 Å². The number of ether oxygens (including phenoxy) is 1. The third kappa shape index (κ3) is 3.50. The predicted octanol–water partition coefficient (Wildman–Crippen LogP) is 3.00. The van der Waals surface area contributed by atoms with E-state index >= 15 is 0 Å². The second kappa shape index (κ2) is 6.69. The molecule has 0 radical (unpaired) electrons. The third-order valence-electron chi connectivity index (χ3n) is 2.87. The molecule has 1 N–H and O–H groups in total. The molecule has 1 amide bonds. The number of anilines is 1. The number of hydrogen-bond acceptors (Lipinski definition) is 4. The largest absolute Gasteiger partial charge is 0.479 e. The maximum absolute atomic E-state index is 12.2. The van der Waals surface area contributed by atoms with Gasteiger partial charge in [0.25, 0.3) is 5.91 Å². The van der Waals surface area contributed by atoms with E-state index in [1.54, 1.807) is 26.1 Å². The minimum absolute atomic E-state index is 0.271. The molecule has 1 heterocycles. The van der Waals surface area contributed by atoms with Crippen LogP contribution in [-0.2, 0) is 11.8 Å². The Bertz CT molecular complexity index is 752. The maximum Gasteiger partial charge on any atom is 0.266 e. The molecule has 22 heavy (non-hydrogen) atoms. The lowest BCUT2D eigenvalue weighted by atomic mass is 10.3. The summed E-state index contributed by atoms with van der Waals surface area (Å²) in [6, 6.07) is 6.67. The van der Waals surface area contributed by atoms with E-state index in [0.29, 0.717) is 21.6 Å². The highest BCUT2D eigenvalue weighted by Gasteiger charge is 2.19. The summed E-state index contributed by atoms with van der Waals surface area (Å²) in [5, 5.41) is 16.3. The highest BCUT2D eigenvalue weighted by atomic mass is 35.5. The first kappa shape index (κ1) is 16.1. The number of nitriles is 1. The maximum atomic E-state index is 12.2. The van der Waals surface area contributed by atoms with Crippen LogP contribution < -0.4 is 10.1 Å². The topological polar surface area (TPSA) is 79.9 Å². The van der Waals surface area contributed by atoms with Gasteiger partial charge in [-0.05, 0) is 25.1 Å². The van der Waals surface area contributed by atoms with Crippen LogP contribution in [0.15, 0.2) is 24.4 Å². The van der Waals surface area contributed by atoms with Gasteiger partial charge in [0.05, 0.1) is 11.2 Å². The molecule has 2 aromatic rings. The number of rotatable bonds is 4. The summed E-state index contributed by atoms with van der Waals surface area (Å²) in [4.78, 5) is 12.2. The second-order valence-corrected chi connectivity index (χ2v) is 5.31. The molecule has 0 saturated carbocycles. The Hall–Kier alpha value is -2.23. The predicted molar refractivity (Wildman–Crippen MR) is 83.1 cm³/mol. The van der Waals surface area contributed by atoms with Crippen LogP contribution in [0.4, 0.5) is 5.82 Å². The van der Waals surface area contributed by atoms with Gasteiger partial charge in [0.15, 0.2) is 6.10 Å². The number of amides is 1. The van der Waals surface area contributed by atoms with Gasteiger partial charge in [-0.1, -0.05) is 23.2 Å². The van der Waals surface area contributed by atoms with Gasteiger partial charge in [-0.3, -0.25) is 9.48 Å². The van der Waals surface area contributed by atoms with Crippen LogP contribution in [0.25, 0.3) is 0 Å². The number of hydrogen-bond donors (Lipinski definition) is 1. The summed E-state index contributed by atoms with van der Waals surface area (Å²) < 4.78 is 6.91. The molecule has 0 aliphatic rings. The van der Waals surface area contributed by atoms with Gasteiger partial charge >= 0.3 is 0 Å². The third-order valence-corrected chi connectivity index (χ3v) is 3.40. The fraction of sp³-hybridized carbons (Fsp3) is 0.214. The van der Waals surface area contributed by atoms with Crippen molar-refractivity contribution in [3.05, 3.63) is 40.0 Å². The average molecular weight is 339 g/mol. The van der Waals surface area contributed by atoms with Crippen molar-refractivity contribution in [1.82, 2.24) is 9.78 Å². The average Bonchev–Trinajstić information content (AvgIpc) is 2.82. The molecule has 0 bridgehead atoms. The fourth-order valence-electron chi connectivity index (χ4n) is 1.70. The summed E-state index contributed by atoms with van der Waals surface area (Å²) in [5.41, 5.74) is 0.271. The number of carbonyl (C=O) groups is 1. The van der Waals surface area contributed by atoms with Crippen LogP contribution in [0.2, 0.25) is 10.0 Å². The minimum atomic E-state index is -0.819. The van der Waals surface area contributed by atoms with Crippen molar-refractivity contribution < 1.29 is 9.53 Å². The zero-order chi connectivity index (χ0) is 16.3. The number of benzene rings is 1. The van der Waals surface area contributed by atoms with Gasteiger partial charge in [-0.15, -0.1) is 0 Å². The second-order valence-electron chi connectivity index (χ2n) is 4.47. The highest BCUT2D eigenvalue weighted by molar-refractivity contribution is 6.35. The first-order valence-corrected chi connectivity index (χ1v) is 7.02. The first-order chi connectivity index (χ1) is 10.4. The molecular weight excluding hydrogens is 327 g/mol. The standard InChI is InChI=1S/C14H12Cl2N4O2/c1-8(22-12-4-3-10(15)5-11(12)16)14(21)19-13-9(6-17)7-18-20(13)2/h3-5,7-8H,1-2H3,(H,19,21). The monoisotopic (exact) mass is 338 g/mol. The summed E-state index contributed by atoms with van der Waals surface area (Å²) in [7, 11) is 1.62. The van der Waals surface area contributed by atoms with E-state index in [1.807, 2.05) is 6.07 Å². The molecule has 1 unspecified atom stereocenters. The highest BCUT2D eigenvalue weighted by Crippen LogP contribution is 2.28. The number of nitrogens with zero attached hydrogens (tertiary/aromatic N) is 3. The molecule has 8 heteroatoms. The smallest absolute Gasteiger partial charge is 0.266 e. The number of nitrogens with one attached hydrogen (secondary N) is 1. The van der Waals surface area contributed by atoms with E-state index in [4.69, 9.17) is 33.2 Å². The van der Waals surface area contributed by atoms with Crippen molar-refractivity contribution in [2.45, 2.75) is 13.0 Å². The summed E-state index contributed by atoms with van der Waals surface area (Å²) >= 11 is 11.8.